The lowest BCUT2D eigenvalue weighted by Gasteiger charge is -2.32. The van der Waals surface area contributed by atoms with Gasteiger partial charge in [-0.2, -0.15) is 0 Å². The molecule has 2 amide bonds. The van der Waals surface area contributed by atoms with E-state index in [0.29, 0.717) is 11.3 Å². The van der Waals surface area contributed by atoms with Crippen molar-refractivity contribution in [2.75, 3.05) is 11.9 Å². The number of aliphatic hydroxyl groups is 1. The summed E-state index contributed by atoms with van der Waals surface area (Å²) < 4.78 is 5.03. The predicted molar refractivity (Wildman–Crippen MR) is 93.5 cm³/mol. The molecule has 0 atom stereocenters. The molecule has 3 rings (SSSR count). The predicted octanol–water partition coefficient (Wildman–Crippen LogP) is 2.96. The van der Waals surface area contributed by atoms with Crippen LogP contribution in [0.4, 0.5) is 5.69 Å². The largest absolute Gasteiger partial charge is 0.459 e. The van der Waals surface area contributed by atoms with Crippen LogP contribution in [0.3, 0.4) is 0 Å². The summed E-state index contributed by atoms with van der Waals surface area (Å²) in [5.74, 6) is -0.354. The number of carbonyl (C=O) groups is 2. The molecule has 1 fully saturated rings. The molecule has 6 heteroatoms. The van der Waals surface area contributed by atoms with Crippen LogP contribution in [0.1, 0.15) is 53.0 Å². The van der Waals surface area contributed by atoms with E-state index in [9.17, 15) is 14.7 Å². The highest BCUT2D eigenvalue weighted by atomic mass is 16.3. The fourth-order valence-corrected chi connectivity index (χ4v) is 3.04. The van der Waals surface area contributed by atoms with Gasteiger partial charge >= 0.3 is 0 Å². The average molecular weight is 342 g/mol. The summed E-state index contributed by atoms with van der Waals surface area (Å²) in [7, 11) is 0. The number of hydrogen-bond donors (Lipinski definition) is 3. The number of anilines is 1. The first kappa shape index (κ1) is 17.2. The SMILES string of the molecule is O=C(NCC1(O)CCCCC1)c1ccc(NC(=O)c2ccco2)cc1. The summed E-state index contributed by atoms with van der Waals surface area (Å²) in [6, 6.07) is 9.81. The molecule has 3 N–H and O–H groups in total. The molecule has 132 valence electrons. The van der Waals surface area contributed by atoms with Crippen LogP contribution in [0.2, 0.25) is 0 Å². The van der Waals surface area contributed by atoms with Crippen LogP contribution in [0.5, 0.6) is 0 Å². The first-order valence-electron chi connectivity index (χ1n) is 8.51. The molecule has 6 nitrogen and oxygen atoms in total. The average Bonchev–Trinajstić information content (AvgIpc) is 3.16. The number of benzene rings is 1. The zero-order valence-corrected chi connectivity index (χ0v) is 14.0. The van der Waals surface area contributed by atoms with E-state index in [1.807, 2.05) is 0 Å². The molecular formula is C19H22N2O4. The molecule has 0 bridgehead atoms. The Balaban J connectivity index is 1.54. The molecule has 2 aromatic rings. The maximum absolute atomic E-state index is 12.2. The molecule has 0 aliphatic heterocycles. The van der Waals surface area contributed by atoms with Gasteiger partial charge in [0.15, 0.2) is 5.76 Å². The highest BCUT2D eigenvalue weighted by molar-refractivity contribution is 6.02. The summed E-state index contributed by atoms with van der Waals surface area (Å²) >= 11 is 0. The lowest BCUT2D eigenvalue weighted by Crippen LogP contribution is -2.44. The molecule has 1 saturated carbocycles. The van der Waals surface area contributed by atoms with Gasteiger partial charge in [0, 0.05) is 17.8 Å². The van der Waals surface area contributed by atoms with Gasteiger partial charge in [-0.1, -0.05) is 19.3 Å². The van der Waals surface area contributed by atoms with Crippen molar-refractivity contribution in [2.24, 2.45) is 0 Å². The maximum Gasteiger partial charge on any atom is 0.291 e. The quantitative estimate of drug-likeness (QED) is 0.779. The van der Waals surface area contributed by atoms with Gasteiger partial charge in [-0.05, 0) is 49.2 Å². The van der Waals surface area contributed by atoms with Gasteiger partial charge in [-0.3, -0.25) is 9.59 Å². The van der Waals surface area contributed by atoms with Gasteiger partial charge in [0.2, 0.25) is 0 Å². The van der Waals surface area contributed by atoms with Gasteiger partial charge in [-0.25, -0.2) is 0 Å². The molecule has 0 spiro atoms. The summed E-state index contributed by atoms with van der Waals surface area (Å²) in [5.41, 5.74) is 0.268. The minimum Gasteiger partial charge on any atom is -0.459 e. The minimum absolute atomic E-state index is 0.225. The van der Waals surface area contributed by atoms with Crippen molar-refractivity contribution in [2.45, 2.75) is 37.7 Å². The van der Waals surface area contributed by atoms with Crippen LogP contribution in [-0.2, 0) is 0 Å². The van der Waals surface area contributed by atoms with E-state index in [1.54, 1.807) is 36.4 Å². The van der Waals surface area contributed by atoms with Gasteiger partial charge in [0.05, 0.1) is 11.9 Å². The first-order valence-corrected chi connectivity index (χ1v) is 8.51. The smallest absolute Gasteiger partial charge is 0.291 e. The van der Waals surface area contributed by atoms with E-state index in [4.69, 9.17) is 4.42 Å². The zero-order chi connectivity index (χ0) is 17.7. The van der Waals surface area contributed by atoms with Gasteiger partial charge in [0.1, 0.15) is 0 Å². The standard InChI is InChI=1S/C19H22N2O4/c22-17(20-13-19(24)10-2-1-3-11-19)14-6-8-15(9-7-14)21-18(23)16-5-4-12-25-16/h4-9,12,24H,1-3,10-11,13H2,(H,20,22)(H,21,23). The molecule has 0 unspecified atom stereocenters. The van der Waals surface area contributed by atoms with Crippen molar-refractivity contribution in [3.05, 3.63) is 54.0 Å². The Hall–Kier alpha value is -2.60. The Morgan fingerprint density at radius 1 is 1.04 bits per heavy atom. The summed E-state index contributed by atoms with van der Waals surface area (Å²) in [6.45, 7) is 0.267. The molecule has 1 aliphatic carbocycles. The van der Waals surface area contributed by atoms with Crippen molar-refractivity contribution in [1.29, 1.82) is 0 Å². The van der Waals surface area contributed by atoms with Crippen molar-refractivity contribution < 1.29 is 19.1 Å². The van der Waals surface area contributed by atoms with Crippen LogP contribution in [0.15, 0.2) is 47.1 Å². The lowest BCUT2D eigenvalue weighted by atomic mass is 9.85. The molecule has 0 radical (unpaired) electrons. The van der Waals surface area contributed by atoms with Crippen molar-refractivity contribution in [1.82, 2.24) is 5.32 Å². The molecule has 1 aromatic heterocycles. The van der Waals surface area contributed by atoms with Crippen LogP contribution >= 0.6 is 0 Å². The van der Waals surface area contributed by atoms with Crippen molar-refractivity contribution in [3.8, 4) is 0 Å². The summed E-state index contributed by atoms with van der Waals surface area (Å²) in [6.07, 6.45) is 6.02. The van der Waals surface area contributed by atoms with E-state index in [2.05, 4.69) is 10.6 Å². The Morgan fingerprint density at radius 2 is 1.76 bits per heavy atom. The van der Waals surface area contributed by atoms with Crippen LogP contribution in [0.25, 0.3) is 0 Å². The van der Waals surface area contributed by atoms with Crippen molar-refractivity contribution >= 4 is 17.5 Å². The number of furan rings is 1. The third kappa shape index (κ3) is 4.48. The minimum atomic E-state index is -0.787. The van der Waals surface area contributed by atoms with Gasteiger partial charge in [0.25, 0.3) is 11.8 Å². The topological polar surface area (TPSA) is 91.6 Å². The van der Waals surface area contributed by atoms with Gasteiger partial charge in [-0.15, -0.1) is 0 Å². The Kier molecular flexibility index (Phi) is 5.19. The second kappa shape index (κ2) is 7.53. The van der Waals surface area contributed by atoms with E-state index in [-0.39, 0.29) is 24.1 Å². The Labute approximate surface area is 146 Å². The zero-order valence-electron chi connectivity index (χ0n) is 14.0. The second-order valence-electron chi connectivity index (χ2n) is 6.48. The molecule has 1 aliphatic rings. The fourth-order valence-electron chi connectivity index (χ4n) is 3.04. The monoisotopic (exact) mass is 342 g/mol. The highest BCUT2D eigenvalue weighted by Gasteiger charge is 2.29. The first-order chi connectivity index (χ1) is 12.1. The number of nitrogens with one attached hydrogen (secondary N) is 2. The number of rotatable bonds is 5. The third-order valence-electron chi connectivity index (χ3n) is 4.51. The van der Waals surface area contributed by atoms with Gasteiger partial charge < -0.3 is 20.2 Å². The summed E-state index contributed by atoms with van der Waals surface area (Å²) in [4.78, 5) is 24.1. The third-order valence-corrected chi connectivity index (χ3v) is 4.51. The van der Waals surface area contributed by atoms with E-state index in [1.165, 1.54) is 6.26 Å². The highest BCUT2D eigenvalue weighted by Crippen LogP contribution is 2.27. The Morgan fingerprint density at radius 3 is 2.40 bits per heavy atom. The maximum atomic E-state index is 12.2. The van der Waals surface area contributed by atoms with Crippen LogP contribution < -0.4 is 10.6 Å². The molecule has 1 heterocycles. The normalized spacial score (nSPS) is 16.2. The number of carbonyl (C=O) groups excluding carboxylic acids is 2. The fraction of sp³-hybridized carbons (Fsp3) is 0.368. The van der Waals surface area contributed by atoms with E-state index in [0.717, 1.165) is 32.1 Å². The second-order valence-corrected chi connectivity index (χ2v) is 6.48. The van der Waals surface area contributed by atoms with Crippen molar-refractivity contribution in [3.63, 3.8) is 0 Å². The molecule has 25 heavy (non-hydrogen) atoms. The number of hydrogen-bond acceptors (Lipinski definition) is 4. The molecule has 0 saturated heterocycles. The van der Waals surface area contributed by atoms with Crippen LogP contribution in [0, 0.1) is 0 Å². The molecular weight excluding hydrogens is 320 g/mol. The number of amides is 2. The van der Waals surface area contributed by atoms with E-state index < -0.39 is 5.60 Å². The lowest BCUT2D eigenvalue weighted by molar-refractivity contribution is 0.00525. The Bertz CT molecular complexity index is 716. The summed E-state index contributed by atoms with van der Waals surface area (Å²) in [5, 5.41) is 15.9. The molecule has 1 aromatic carbocycles. The van der Waals surface area contributed by atoms with E-state index >= 15 is 0 Å². The van der Waals surface area contributed by atoms with Crippen LogP contribution in [-0.4, -0.2) is 29.1 Å².